The monoisotopic (exact) mass is 1380 g/mol. The van der Waals surface area contributed by atoms with Crippen LogP contribution in [0.2, 0.25) is 0 Å². The highest BCUT2D eigenvalue weighted by molar-refractivity contribution is 5.76. The summed E-state index contributed by atoms with van der Waals surface area (Å²) < 4.78 is 34.3. The van der Waals surface area contributed by atoms with E-state index in [1.807, 2.05) is 6.08 Å². The van der Waals surface area contributed by atoms with Crippen LogP contribution < -0.4 is 5.32 Å². The first-order valence-electron chi connectivity index (χ1n) is 36.7. The fraction of sp³-hybridized carbons (Fsp3) is 0.658. The number of allylic oxidation sites excluding steroid dienone is 25. The number of ether oxygens (including phenoxy) is 6. The van der Waals surface area contributed by atoms with Crippen LogP contribution in [0, 0.1) is 0 Å². The number of carbonyl (C=O) groups excluding carboxylic acids is 1. The average Bonchev–Trinajstić information content (AvgIpc) is 0.785. The minimum absolute atomic E-state index is 0.216. The Morgan fingerprint density at radius 1 is 0.378 bits per heavy atom. The van der Waals surface area contributed by atoms with Crippen LogP contribution in [0.4, 0.5) is 0 Å². The van der Waals surface area contributed by atoms with Crippen LogP contribution in [-0.2, 0) is 33.2 Å². The molecule has 98 heavy (non-hydrogen) atoms. The number of aliphatic hydroxyl groups excluding tert-OH is 11. The van der Waals surface area contributed by atoms with Crippen LogP contribution in [-0.4, -0.2) is 193 Å². The third-order valence-corrected chi connectivity index (χ3v) is 17.0. The van der Waals surface area contributed by atoms with E-state index in [1.54, 1.807) is 6.08 Å². The van der Waals surface area contributed by atoms with Gasteiger partial charge in [-0.05, 0) is 116 Å². The molecule has 3 rings (SSSR count). The lowest BCUT2D eigenvalue weighted by Crippen LogP contribution is -2.66. The second-order valence-electron chi connectivity index (χ2n) is 25.3. The van der Waals surface area contributed by atoms with Crippen molar-refractivity contribution in [2.75, 3.05) is 26.4 Å². The summed E-state index contributed by atoms with van der Waals surface area (Å²) in [4.78, 5) is 13.4. The predicted molar refractivity (Wildman–Crippen MR) is 387 cm³/mol. The lowest BCUT2D eigenvalue weighted by Gasteiger charge is -2.48. The summed E-state index contributed by atoms with van der Waals surface area (Å²) in [5.74, 6) is -0.303. The molecule has 0 aromatic carbocycles. The molecule has 0 bridgehead atoms. The fourth-order valence-electron chi connectivity index (χ4n) is 11.1. The van der Waals surface area contributed by atoms with Crippen molar-refractivity contribution in [3.05, 3.63) is 158 Å². The van der Waals surface area contributed by atoms with Crippen molar-refractivity contribution in [1.82, 2.24) is 5.32 Å². The summed E-state index contributed by atoms with van der Waals surface area (Å²) >= 11 is 0. The Labute approximate surface area is 586 Å². The molecular weight excluding hydrogens is 1250 g/mol. The Hall–Kier alpha value is -4.59. The topological polar surface area (TPSA) is 307 Å². The highest BCUT2D eigenvalue weighted by Crippen LogP contribution is 2.33. The summed E-state index contributed by atoms with van der Waals surface area (Å²) in [6.07, 6.45) is 58.2. The summed E-state index contributed by atoms with van der Waals surface area (Å²) in [5.41, 5.74) is 0. The molecule has 0 aromatic rings. The van der Waals surface area contributed by atoms with Gasteiger partial charge in [-0.15, -0.1) is 0 Å². The van der Waals surface area contributed by atoms with E-state index in [9.17, 15) is 61.0 Å². The largest absolute Gasteiger partial charge is 0.394 e. The van der Waals surface area contributed by atoms with Gasteiger partial charge in [-0.3, -0.25) is 4.79 Å². The van der Waals surface area contributed by atoms with E-state index in [0.717, 1.165) is 122 Å². The average molecular weight is 1380 g/mol. The van der Waals surface area contributed by atoms with E-state index in [0.29, 0.717) is 12.8 Å². The van der Waals surface area contributed by atoms with Gasteiger partial charge in [-0.2, -0.15) is 0 Å². The first kappa shape index (κ1) is 87.6. The number of amides is 1. The SMILES string of the molecule is CC/C=C\C/C=C\C/C=C\C/C=C\C/C=C\C/C=C\C/C=C\C/C=C\C/C=C\C/C=C\CCCCCCCCCCCCC(=O)NC(COC1OC(CO)C(OC2OC(CO)C(OC3OC(CO)C(O)C(O)C3O)C(O)C2O)C(O)C1O)C(O)/C=C/CC/C=C/CC/C=C/CCCC. The molecule has 0 spiro atoms. The van der Waals surface area contributed by atoms with Crippen molar-refractivity contribution >= 4 is 5.91 Å². The Bertz CT molecular complexity index is 2390. The molecule has 0 radical (unpaired) electrons. The molecule has 0 aliphatic carbocycles. The molecule has 3 aliphatic rings. The molecule has 1 amide bonds. The second kappa shape index (κ2) is 58.0. The third-order valence-electron chi connectivity index (χ3n) is 17.0. The minimum Gasteiger partial charge on any atom is -0.394 e. The lowest BCUT2D eigenvalue weighted by atomic mass is 9.96. The molecule has 3 fully saturated rings. The maximum atomic E-state index is 13.4. The van der Waals surface area contributed by atoms with E-state index in [-0.39, 0.29) is 18.9 Å². The molecule has 3 saturated heterocycles. The smallest absolute Gasteiger partial charge is 0.220 e. The molecule has 0 saturated carbocycles. The Balaban J connectivity index is 1.32. The highest BCUT2D eigenvalue weighted by atomic mass is 16.8. The Morgan fingerprint density at radius 2 is 0.714 bits per heavy atom. The molecule has 17 unspecified atom stereocenters. The first-order valence-corrected chi connectivity index (χ1v) is 36.7. The van der Waals surface area contributed by atoms with Crippen molar-refractivity contribution in [3.8, 4) is 0 Å². The summed E-state index contributed by atoms with van der Waals surface area (Å²) in [7, 11) is 0. The van der Waals surface area contributed by atoms with Gasteiger partial charge >= 0.3 is 0 Å². The quantitative estimate of drug-likeness (QED) is 0.0199. The molecular formula is C79H127NO18. The van der Waals surface area contributed by atoms with Crippen LogP contribution in [0.3, 0.4) is 0 Å². The standard InChI is InChI=1S/C79H127NO18/c1-3-5-7-9-11-13-15-17-18-19-20-21-22-23-24-25-26-27-28-29-30-31-32-33-34-35-36-37-38-39-40-41-42-43-44-45-47-49-51-53-55-57-67(85)80-62(63(84)56-54-52-50-48-46-16-14-12-10-8-6-4-2)61-93-77-73(91)70(88)75(65(59-82)95-77)98-79-74(92)71(89)76(66(60-83)96-79)97-78-72(90)69(87)68(86)64(58-81)94-78/h5,7,10-13,17-18,20-21,23-24,26-27,29-30,32-33,35-36,38-39,46,48,54,56,62-66,68-79,81-84,86-92H,3-4,6,8-9,14-16,19,22,25,28,31,34,37,40-45,47,49-53,55,57-61H2,1-2H3,(H,80,85)/b7-5-,12-10+,13-11-,18-17-,21-20-,24-23-,27-26-,30-29-,33-32-,36-35-,39-38-,48-46+,56-54+. The van der Waals surface area contributed by atoms with Crippen molar-refractivity contribution in [1.29, 1.82) is 0 Å². The van der Waals surface area contributed by atoms with Crippen molar-refractivity contribution < 1.29 is 89.4 Å². The van der Waals surface area contributed by atoms with Crippen molar-refractivity contribution in [2.24, 2.45) is 0 Å². The van der Waals surface area contributed by atoms with Crippen molar-refractivity contribution in [3.63, 3.8) is 0 Å². The van der Waals surface area contributed by atoms with Gasteiger partial charge in [0.15, 0.2) is 18.9 Å². The van der Waals surface area contributed by atoms with Crippen molar-refractivity contribution in [2.45, 2.75) is 304 Å². The van der Waals surface area contributed by atoms with Gasteiger partial charge in [0, 0.05) is 6.42 Å². The van der Waals surface area contributed by atoms with Gasteiger partial charge in [-0.1, -0.05) is 236 Å². The Kier molecular flexibility index (Phi) is 51.8. The van der Waals surface area contributed by atoms with E-state index >= 15 is 0 Å². The zero-order chi connectivity index (χ0) is 71.1. The molecule has 0 aromatic heterocycles. The summed E-state index contributed by atoms with van der Waals surface area (Å²) in [6.45, 7) is 1.50. The zero-order valence-electron chi connectivity index (χ0n) is 58.9. The normalized spacial score (nSPS) is 27.7. The van der Waals surface area contributed by atoms with Crippen LogP contribution in [0.1, 0.15) is 200 Å². The van der Waals surface area contributed by atoms with Gasteiger partial charge in [0.2, 0.25) is 5.91 Å². The lowest BCUT2D eigenvalue weighted by molar-refractivity contribution is -0.379. The van der Waals surface area contributed by atoms with Gasteiger partial charge < -0.3 is 89.9 Å². The van der Waals surface area contributed by atoms with Crippen LogP contribution >= 0.6 is 0 Å². The molecule has 3 aliphatic heterocycles. The number of hydrogen-bond donors (Lipinski definition) is 12. The van der Waals surface area contributed by atoms with Gasteiger partial charge in [0.1, 0.15) is 73.2 Å². The van der Waals surface area contributed by atoms with Crippen LogP contribution in [0.25, 0.3) is 0 Å². The van der Waals surface area contributed by atoms with E-state index in [1.165, 1.54) is 44.9 Å². The van der Waals surface area contributed by atoms with E-state index in [4.69, 9.17) is 28.4 Å². The summed E-state index contributed by atoms with van der Waals surface area (Å²) in [6, 6.07) is -1.01. The molecule has 556 valence electrons. The minimum atomic E-state index is -1.99. The number of nitrogens with one attached hydrogen (secondary N) is 1. The van der Waals surface area contributed by atoms with Gasteiger partial charge in [0.25, 0.3) is 0 Å². The number of aliphatic hydroxyl groups is 11. The van der Waals surface area contributed by atoms with E-state index < -0.39 is 124 Å². The second-order valence-corrected chi connectivity index (χ2v) is 25.3. The first-order chi connectivity index (χ1) is 47.8. The molecule has 19 nitrogen and oxygen atoms in total. The highest BCUT2D eigenvalue weighted by Gasteiger charge is 2.53. The van der Waals surface area contributed by atoms with Gasteiger partial charge in [0.05, 0.1) is 38.6 Å². The number of hydrogen-bond acceptors (Lipinski definition) is 18. The molecule has 3 heterocycles. The Morgan fingerprint density at radius 3 is 1.14 bits per heavy atom. The number of carbonyl (C=O) groups is 1. The third kappa shape index (κ3) is 38.4. The van der Waals surface area contributed by atoms with Crippen LogP contribution in [0.15, 0.2) is 158 Å². The maximum absolute atomic E-state index is 13.4. The molecule has 17 atom stereocenters. The van der Waals surface area contributed by atoms with E-state index in [2.05, 4.69) is 165 Å². The van der Waals surface area contributed by atoms with Crippen LogP contribution in [0.5, 0.6) is 0 Å². The maximum Gasteiger partial charge on any atom is 0.220 e. The zero-order valence-corrected chi connectivity index (χ0v) is 58.9. The fourth-order valence-corrected chi connectivity index (χ4v) is 11.1. The summed E-state index contributed by atoms with van der Waals surface area (Å²) in [5, 5.41) is 120. The van der Waals surface area contributed by atoms with Gasteiger partial charge in [-0.25, -0.2) is 0 Å². The number of unbranched alkanes of at least 4 members (excludes halogenated alkanes) is 14. The molecule has 12 N–H and O–H groups in total. The predicted octanol–water partition coefficient (Wildman–Crippen LogP) is 10.9. The molecule has 19 heteroatoms. The number of rotatable bonds is 54.